The molecule has 3 nitrogen and oxygen atoms in total. The molecule has 3 N–H and O–H groups in total. The maximum atomic E-state index is 12.2. The molecule has 1 fully saturated rings. The predicted octanol–water partition coefficient (Wildman–Crippen LogP) is 2.76. The van der Waals surface area contributed by atoms with Crippen molar-refractivity contribution in [1.29, 1.82) is 0 Å². The van der Waals surface area contributed by atoms with Gasteiger partial charge in [0, 0.05) is 6.04 Å². The van der Waals surface area contributed by atoms with Crippen LogP contribution in [0.3, 0.4) is 0 Å². The third kappa shape index (κ3) is 4.09. The van der Waals surface area contributed by atoms with Gasteiger partial charge in [0.25, 0.3) is 5.91 Å². The van der Waals surface area contributed by atoms with Gasteiger partial charge in [-0.1, -0.05) is 25.2 Å². The van der Waals surface area contributed by atoms with Crippen molar-refractivity contribution < 1.29 is 4.79 Å². The van der Waals surface area contributed by atoms with Crippen molar-refractivity contribution in [2.45, 2.75) is 45.1 Å². The number of thiophene rings is 1. The molecule has 0 spiro atoms. The molecule has 2 rings (SSSR count). The standard InChI is InChI=1S/C16H22N2OS/c1-2-12-5-7-13(8-6-12)18-16(19)15-10-9-14(20-15)4-3-11-17/h9-10,12-13H,2,5-8,11,17H2,1H3,(H,18,19). The molecule has 1 aliphatic carbocycles. The number of nitrogens with two attached hydrogens (primary N) is 1. The third-order valence-corrected chi connectivity index (χ3v) is 4.90. The van der Waals surface area contributed by atoms with Crippen LogP contribution < -0.4 is 11.1 Å². The summed E-state index contributed by atoms with van der Waals surface area (Å²) in [7, 11) is 0. The maximum absolute atomic E-state index is 12.2. The lowest BCUT2D eigenvalue weighted by Crippen LogP contribution is -2.37. The second kappa shape index (κ2) is 7.47. The highest BCUT2D eigenvalue weighted by Gasteiger charge is 2.22. The van der Waals surface area contributed by atoms with E-state index < -0.39 is 0 Å². The zero-order valence-electron chi connectivity index (χ0n) is 11.9. The first-order valence-electron chi connectivity index (χ1n) is 7.32. The van der Waals surface area contributed by atoms with E-state index in [4.69, 9.17) is 5.73 Å². The van der Waals surface area contributed by atoms with Crippen molar-refractivity contribution in [3.8, 4) is 11.8 Å². The molecule has 1 aromatic heterocycles. The Labute approximate surface area is 124 Å². The van der Waals surface area contributed by atoms with Gasteiger partial charge in [-0.3, -0.25) is 4.79 Å². The molecular formula is C16H22N2OS. The molecule has 1 aliphatic rings. The average Bonchev–Trinajstić information content (AvgIpc) is 2.95. The molecule has 1 amide bonds. The van der Waals surface area contributed by atoms with Crippen LogP contribution in [0.25, 0.3) is 0 Å². The number of carbonyl (C=O) groups is 1. The van der Waals surface area contributed by atoms with E-state index in [2.05, 4.69) is 24.1 Å². The Morgan fingerprint density at radius 1 is 1.40 bits per heavy atom. The SMILES string of the molecule is CCC1CCC(NC(=O)c2ccc(C#CCN)s2)CC1. The van der Waals surface area contributed by atoms with Crippen LogP contribution >= 0.6 is 11.3 Å². The summed E-state index contributed by atoms with van der Waals surface area (Å²) in [5, 5.41) is 3.15. The molecule has 0 aromatic carbocycles. The Kier molecular flexibility index (Phi) is 5.63. The largest absolute Gasteiger partial charge is 0.349 e. The number of hydrogen-bond acceptors (Lipinski definition) is 3. The Balaban J connectivity index is 1.87. The van der Waals surface area contributed by atoms with Gasteiger partial charge in [0.1, 0.15) is 0 Å². The normalized spacial score (nSPS) is 21.9. The minimum atomic E-state index is 0.0377. The Hall–Kier alpha value is -1.31. The van der Waals surface area contributed by atoms with E-state index in [1.807, 2.05) is 12.1 Å². The fraction of sp³-hybridized carbons (Fsp3) is 0.562. The smallest absolute Gasteiger partial charge is 0.261 e. The topological polar surface area (TPSA) is 55.1 Å². The minimum Gasteiger partial charge on any atom is -0.349 e. The Bertz CT molecular complexity index is 504. The van der Waals surface area contributed by atoms with Crippen LogP contribution in [-0.2, 0) is 0 Å². The summed E-state index contributed by atoms with van der Waals surface area (Å²) >= 11 is 1.43. The van der Waals surface area contributed by atoms with Crippen molar-refractivity contribution in [3.05, 3.63) is 21.9 Å². The van der Waals surface area contributed by atoms with Gasteiger partial charge in [-0.15, -0.1) is 11.3 Å². The van der Waals surface area contributed by atoms with Crippen LogP contribution in [-0.4, -0.2) is 18.5 Å². The molecule has 0 saturated heterocycles. The van der Waals surface area contributed by atoms with E-state index in [0.717, 1.165) is 28.5 Å². The molecule has 108 valence electrons. The van der Waals surface area contributed by atoms with Gasteiger partial charge in [-0.2, -0.15) is 0 Å². The lowest BCUT2D eigenvalue weighted by atomic mass is 9.84. The fourth-order valence-corrected chi connectivity index (χ4v) is 3.42. The molecule has 4 heteroatoms. The van der Waals surface area contributed by atoms with Crippen LogP contribution in [0.2, 0.25) is 0 Å². The lowest BCUT2D eigenvalue weighted by molar-refractivity contribution is 0.0926. The van der Waals surface area contributed by atoms with Gasteiger partial charge in [0.15, 0.2) is 0 Å². The average molecular weight is 290 g/mol. The van der Waals surface area contributed by atoms with E-state index in [9.17, 15) is 4.79 Å². The molecule has 1 aromatic rings. The summed E-state index contributed by atoms with van der Waals surface area (Å²) < 4.78 is 0. The molecule has 0 bridgehead atoms. The molecule has 0 radical (unpaired) electrons. The van der Waals surface area contributed by atoms with Crippen LogP contribution in [0.1, 0.15) is 53.6 Å². The fourth-order valence-electron chi connectivity index (χ4n) is 2.64. The van der Waals surface area contributed by atoms with Crippen LogP contribution in [0.5, 0.6) is 0 Å². The Morgan fingerprint density at radius 3 is 2.80 bits per heavy atom. The van der Waals surface area contributed by atoms with Crippen molar-refractivity contribution in [1.82, 2.24) is 5.32 Å². The number of amides is 1. The summed E-state index contributed by atoms with van der Waals surface area (Å²) in [6, 6.07) is 4.07. The molecule has 1 heterocycles. The predicted molar refractivity (Wildman–Crippen MR) is 83.8 cm³/mol. The summed E-state index contributed by atoms with van der Waals surface area (Å²) in [5.41, 5.74) is 5.34. The van der Waals surface area contributed by atoms with Gasteiger partial charge >= 0.3 is 0 Å². The zero-order valence-corrected chi connectivity index (χ0v) is 12.8. The van der Waals surface area contributed by atoms with Gasteiger partial charge < -0.3 is 11.1 Å². The van der Waals surface area contributed by atoms with Gasteiger partial charge in [-0.25, -0.2) is 0 Å². The van der Waals surface area contributed by atoms with Gasteiger partial charge in [0.2, 0.25) is 0 Å². The maximum Gasteiger partial charge on any atom is 0.261 e. The second-order valence-corrected chi connectivity index (χ2v) is 6.35. The van der Waals surface area contributed by atoms with E-state index >= 15 is 0 Å². The van der Waals surface area contributed by atoms with Crippen molar-refractivity contribution in [3.63, 3.8) is 0 Å². The number of carbonyl (C=O) groups excluding carboxylic acids is 1. The zero-order chi connectivity index (χ0) is 14.4. The number of rotatable bonds is 3. The summed E-state index contributed by atoms with van der Waals surface area (Å²) in [6.45, 7) is 2.60. The third-order valence-electron chi connectivity index (χ3n) is 3.90. The first-order valence-corrected chi connectivity index (χ1v) is 8.14. The molecule has 0 unspecified atom stereocenters. The lowest BCUT2D eigenvalue weighted by Gasteiger charge is -2.28. The van der Waals surface area contributed by atoms with E-state index in [0.29, 0.717) is 12.6 Å². The quantitative estimate of drug-likeness (QED) is 0.841. The number of nitrogens with one attached hydrogen (secondary N) is 1. The van der Waals surface area contributed by atoms with Crippen molar-refractivity contribution in [2.75, 3.05) is 6.54 Å². The van der Waals surface area contributed by atoms with Gasteiger partial charge in [-0.05, 0) is 43.7 Å². The Morgan fingerprint density at radius 2 is 2.15 bits per heavy atom. The summed E-state index contributed by atoms with van der Waals surface area (Å²) in [5.74, 6) is 6.65. The molecule has 0 atom stereocenters. The molecule has 0 aliphatic heterocycles. The van der Waals surface area contributed by atoms with Crippen molar-refractivity contribution >= 4 is 17.2 Å². The van der Waals surface area contributed by atoms with Crippen molar-refractivity contribution in [2.24, 2.45) is 11.7 Å². The van der Waals surface area contributed by atoms with E-state index in [1.54, 1.807) is 0 Å². The monoisotopic (exact) mass is 290 g/mol. The molecular weight excluding hydrogens is 268 g/mol. The summed E-state index contributed by atoms with van der Waals surface area (Å²) in [4.78, 5) is 13.8. The minimum absolute atomic E-state index is 0.0377. The van der Waals surface area contributed by atoms with Gasteiger partial charge in [0.05, 0.1) is 16.3 Å². The van der Waals surface area contributed by atoms with E-state index in [-0.39, 0.29) is 5.91 Å². The highest BCUT2D eigenvalue weighted by atomic mass is 32.1. The highest BCUT2D eigenvalue weighted by Crippen LogP contribution is 2.27. The number of hydrogen-bond donors (Lipinski definition) is 2. The van der Waals surface area contributed by atoms with E-state index in [1.165, 1.54) is 30.6 Å². The van der Waals surface area contributed by atoms with Crippen LogP contribution in [0.4, 0.5) is 0 Å². The van der Waals surface area contributed by atoms with Crippen LogP contribution in [0, 0.1) is 17.8 Å². The molecule has 20 heavy (non-hydrogen) atoms. The first-order chi connectivity index (χ1) is 9.72. The summed E-state index contributed by atoms with van der Waals surface area (Å²) in [6.07, 6.45) is 5.94. The van der Waals surface area contributed by atoms with Crippen LogP contribution in [0.15, 0.2) is 12.1 Å². The second-order valence-electron chi connectivity index (χ2n) is 5.27. The molecule has 1 saturated carbocycles. The highest BCUT2D eigenvalue weighted by molar-refractivity contribution is 7.14. The first kappa shape index (κ1) is 15.1.